The summed E-state index contributed by atoms with van der Waals surface area (Å²) in [5.74, 6) is -0.298. The molecule has 1 fully saturated rings. The van der Waals surface area contributed by atoms with Crippen LogP contribution in [0.4, 0.5) is 5.69 Å². The van der Waals surface area contributed by atoms with Crippen LogP contribution in [0.1, 0.15) is 64.0 Å². The van der Waals surface area contributed by atoms with Crippen molar-refractivity contribution in [3.63, 3.8) is 0 Å². The molecule has 1 unspecified atom stereocenters. The molecule has 33 heavy (non-hydrogen) atoms. The molecule has 1 aromatic carbocycles. The van der Waals surface area contributed by atoms with Crippen LogP contribution in [0.15, 0.2) is 46.9 Å². The maximum absolute atomic E-state index is 13.2. The van der Waals surface area contributed by atoms with E-state index >= 15 is 0 Å². The molecule has 0 radical (unpaired) electrons. The maximum Gasteiger partial charge on any atom is 0.273 e. The predicted molar refractivity (Wildman–Crippen MR) is 126 cm³/mol. The van der Waals surface area contributed by atoms with Crippen molar-refractivity contribution in [3.05, 3.63) is 47.3 Å². The van der Waals surface area contributed by atoms with Crippen LogP contribution in [0.25, 0.3) is 10.9 Å². The number of nitrogens with one attached hydrogen (secondary N) is 1. The lowest BCUT2D eigenvalue weighted by Crippen LogP contribution is -2.32. The van der Waals surface area contributed by atoms with Gasteiger partial charge >= 0.3 is 0 Å². The van der Waals surface area contributed by atoms with Crippen LogP contribution in [-0.2, 0) is 10.4 Å². The summed E-state index contributed by atoms with van der Waals surface area (Å²) in [6, 6.07) is 6.13. The summed E-state index contributed by atoms with van der Waals surface area (Å²) in [5, 5.41) is 34.6. The van der Waals surface area contributed by atoms with Crippen molar-refractivity contribution in [2.75, 3.05) is 5.32 Å². The highest BCUT2D eigenvalue weighted by Crippen LogP contribution is 2.35. The largest absolute Gasteiger partial charge is 0.386 e. The van der Waals surface area contributed by atoms with Gasteiger partial charge in [0.05, 0.1) is 35.0 Å². The Kier molecular flexibility index (Phi) is 5.29. The summed E-state index contributed by atoms with van der Waals surface area (Å²) in [4.78, 5) is 13.2. The zero-order valence-electron chi connectivity index (χ0n) is 19.0. The minimum Gasteiger partial charge on any atom is -0.386 e. The number of anilines is 1. The third kappa shape index (κ3) is 4.05. The van der Waals surface area contributed by atoms with E-state index in [-0.39, 0.29) is 11.9 Å². The first kappa shape index (κ1) is 21.4. The quantitative estimate of drug-likeness (QED) is 0.738. The first-order chi connectivity index (χ1) is 15.8. The van der Waals surface area contributed by atoms with Crippen LogP contribution in [0.3, 0.4) is 0 Å². The van der Waals surface area contributed by atoms with Crippen molar-refractivity contribution in [3.8, 4) is 6.07 Å². The molecule has 0 spiro atoms. The lowest BCUT2D eigenvalue weighted by Gasteiger charge is -2.26. The van der Waals surface area contributed by atoms with E-state index in [1.54, 1.807) is 18.9 Å². The fraction of sp³-hybridized carbons (Fsp3) is 0.440. The topological polar surface area (TPSA) is 107 Å². The normalized spacial score (nSPS) is 20.9. The number of nitriles is 1. The Bertz CT molecular complexity index is 1230. The predicted octanol–water partition coefficient (Wildman–Crippen LogP) is 4.11. The van der Waals surface area contributed by atoms with E-state index in [4.69, 9.17) is 10.4 Å². The highest BCUT2D eigenvalue weighted by Gasteiger charge is 2.32. The van der Waals surface area contributed by atoms with Gasteiger partial charge < -0.3 is 10.4 Å². The van der Waals surface area contributed by atoms with Gasteiger partial charge in [-0.15, -0.1) is 0 Å². The van der Waals surface area contributed by atoms with Crippen molar-refractivity contribution < 1.29 is 9.90 Å². The number of aliphatic hydroxyl groups is 1. The van der Waals surface area contributed by atoms with Gasteiger partial charge in [-0.25, -0.2) is 0 Å². The third-order valence-electron chi connectivity index (χ3n) is 6.69. The molecule has 1 aliphatic carbocycles. The van der Waals surface area contributed by atoms with Gasteiger partial charge in [0.25, 0.3) is 5.91 Å². The summed E-state index contributed by atoms with van der Waals surface area (Å²) in [6.07, 6.45) is 13.7. The van der Waals surface area contributed by atoms with Gasteiger partial charge in [0.2, 0.25) is 0 Å². The van der Waals surface area contributed by atoms with E-state index < -0.39 is 5.60 Å². The molecule has 8 nitrogen and oxygen atoms in total. The summed E-state index contributed by atoms with van der Waals surface area (Å²) in [6.45, 7) is 3.41. The molecule has 0 bridgehead atoms. The second kappa shape index (κ2) is 8.16. The number of fused-ring (bicyclic) bond motifs is 2. The van der Waals surface area contributed by atoms with Crippen LogP contribution in [-0.4, -0.2) is 38.1 Å². The minimum absolute atomic E-state index is 0.129. The molecule has 2 aromatic rings. The lowest BCUT2D eigenvalue weighted by molar-refractivity contribution is -0.114. The number of aromatic nitrogens is 2. The Hall–Kier alpha value is -3.44. The second-order valence-electron chi connectivity index (χ2n) is 9.59. The number of carbonyl (C=O) groups is 1. The number of amides is 1. The Morgan fingerprint density at radius 1 is 1.27 bits per heavy atom. The Balaban J connectivity index is 1.44. The highest BCUT2D eigenvalue weighted by molar-refractivity contribution is 6.05. The molecule has 2 aliphatic heterocycles. The van der Waals surface area contributed by atoms with E-state index in [0.29, 0.717) is 35.0 Å². The Morgan fingerprint density at radius 3 is 2.79 bits per heavy atom. The van der Waals surface area contributed by atoms with Crippen LogP contribution in [0.5, 0.6) is 0 Å². The smallest absolute Gasteiger partial charge is 0.273 e. The van der Waals surface area contributed by atoms with Gasteiger partial charge in [-0.2, -0.15) is 15.5 Å². The number of rotatable bonds is 4. The minimum atomic E-state index is -1.16. The summed E-state index contributed by atoms with van der Waals surface area (Å²) in [5.41, 5.74) is 1.75. The SMILES string of the molecule is CC(C)(O)c1cc2nn(C3CCCCC3)cc2cc1NC(=O)C1=CCC2C=C(C#N)C=NN12. The molecule has 1 atom stereocenters. The fourth-order valence-corrected chi connectivity index (χ4v) is 4.95. The molecule has 8 heteroatoms. The Labute approximate surface area is 192 Å². The molecule has 1 amide bonds. The van der Waals surface area contributed by atoms with Crippen molar-refractivity contribution in [2.45, 2.75) is 70.1 Å². The molecule has 0 saturated heterocycles. The zero-order chi connectivity index (χ0) is 23.2. The molecule has 1 saturated carbocycles. The van der Waals surface area contributed by atoms with Crippen LogP contribution < -0.4 is 5.32 Å². The lowest BCUT2D eigenvalue weighted by atomic mass is 9.95. The number of hydrogen-bond donors (Lipinski definition) is 2. The first-order valence-corrected chi connectivity index (χ1v) is 11.6. The van der Waals surface area contributed by atoms with Crippen molar-refractivity contribution in [2.24, 2.45) is 5.10 Å². The van der Waals surface area contributed by atoms with E-state index in [2.05, 4.69) is 21.2 Å². The highest BCUT2D eigenvalue weighted by atomic mass is 16.3. The van der Waals surface area contributed by atoms with Crippen LogP contribution >= 0.6 is 0 Å². The zero-order valence-corrected chi connectivity index (χ0v) is 19.0. The standard InChI is InChI=1S/C25H28N6O2/c1-25(2,33)20-12-21-17(15-30(29-21)18-6-4-3-5-7-18)11-22(20)28-24(32)23-9-8-19-10-16(13-26)14-27-31(19)23/h9-12,14-15,18-19,33H,3-8H2,1-2H3,(H,28,32). The van der Waals surface area contributed by atoms with Crippen LogP contribution in [0, 0.1) is 11.3 Å². The molecule has 3 heterocycles. The van der Waals surface area contributed by atoms with Crippen LogP contribution in [0.2, 0.25) is 0 Å². The monoisotopic (exact) mass is 444 g/mol. The number of hydrazone groups is 1. The van der Waals surface area contributed by atoms with E-state index in [1.165, 1.54) is 25.5 Å². The number of hydrogen-bond acceptors (Lipinski definition) is 6. The molecule has 170 valence electrons. The third-order valence-corrected chi connectivity index (χ3v) is 6.69. The number of allylic oxidation sites excluding steroid dienone is 1. The summed E-state index contributed by atoms with van der Waals surface area (Å²) >= 11 is 0. The van der Waals surface area contributed by atoms with Crippen molar-refractivity contribution in [1.29, 1.82) is 5.26 Å². The summed E-state index contributed by atoms with van der Waals surface area (Å²) < 4.78 is 2.05. The van der Waals surface area contributed by atoms with Gasteiger partial charge in [-0.05, 0) is 51.3 Å². The summed E-state index contributed by atoms with van der Waals surface area (Å²) in [7, 11) is 0. The first-order valence-electron chi connectivity index (χ1n) is 11.6. The maximum atomic E-state index is 13.2. The molecule has 5 rings (SSSR count). The molecular weight excluding hydrogens is 416 g/mol. The van der Waals surface area contributed by atoms with E-state index in [0.717, 1.165) is 23.7 Å². The van der Waals surface area contributed by atoms with Gasteiger partial charge in [0.1, 0.15) is 11.8 Å². The average Bonchev–Trinajstić information content (AvgIpc) is 3.41. The molecule has 3 aliphatic rings. The molecule has 1 aromatic heterocycles. The molecular formula is C25H28N6O2. The fourth-order valence-electron chi connectivity index (χ4n) is 4.95. The van der Waals surface area contributed by atoms with Gasteiger partial charge in [-0.1, -0.05) is 25.3 Å². The van der Waals surface area contributed by atoms with Gasteiger partial charge in [0.15, 0.2) is 0 Å². The Morgan fingerprint density at radius 2 is 2.06 bits per heavy atom. The second-order valence-corrected chi connectivity index (χ2v) is 9.59. The molecule has 2 N–H and O–H groups in total. The van der Waals surface area contributed by atoms with E-state index in [9.17, 15) is 9.90 Å². The number of nitrogens with zero attached hydrogens (tertiary/aromatic N) is 5. The van der Waals surface area contributed by atoms with Crippen molar-refractivity contribution in [1.82, 2.24) is 14.8 Å². The average molecular weight is 445 g/mol. The van der Waals surface area contributed by atoms with E-state index in [1.807, 2.05) is 30.5 Å². The van der Waals surface area contributed by atoms with Crippen molar-refractivity contribution >= 4 is 28.7 Å². The van der Waals surface area contributed by atoms with Gasteiger partial charge in [0, 0.05) is 22.8 Å². The number of benzene rings is 1. The van der Waals surface area contributed by atoms with Gasteiger partial charge in [-0.3, -0.25) is 14.5 Å². The number of carbonyl (C=O) groups excluding carboxylic acids is 1.